The van der Waals surface area contributed by atoms with E-state index in [1.165, 1.54) is 0 Å². The predicted molar refractivity (Wildman–Crippen MR) is 66.6 cm³/mol. The lowest BCUT2D eigenvalue weighted by Gasteiger charge is -2.35. The lowest BCUT2D eigenvalue weighted by molar-refractivity contribution is -0.105. The molecule has 0 aliphatic heterocycles. The second-order valence-electron chi connectivity index (χ2n) is 6.08. The zero-order valence-corrected chi connectivity index (χ0v) is 11.0. The summed E-state index contributed by atoms with van der Waals surface area (Å²) >= 11 is 0. The van der Waals surface area contributed by atoms with Crippen LogP contribution >= 0.6 is 0 Å². The topological polar surface area (TPSA) is 26.0 Å². The van der Waals surface area contributed by atoms with Crippen molar-refractivity contribution in [1.82, 2.24) is 0 Å². The number of fused-ring (bicyclic) bond motifs is 1. The van der Waals surface area contributed by atoms with Crippen molar-refractivity contribution in [2.45, 2.75) is 51.4 Å². The van der Waals surface area contributed by atoms with E-state index < -0.39 is 16.8 Å². The summed E-state index contributed by atoms with van der Waals surface area (Å²) < 4.78 is 29.0. The van der Waals surface area contributed by atoms with Crippen LogP contribution in [0.1, 0.15) is 44.4 Å². The highest BCUT2D eigenvalue weighted by Crippen LogP contribution is 2.59. The number of halogens is 2. The van der Waals surface area contributed by atoms with Gasteiger partial charge in [-0.3, -0.25) is 0 Å². The average molecular weight is 239 g/mol. The van der Waals surface area contributed by atoms with Crippen molar-refractivity contribution in [2.24, 2.45) is 0 Å². The summed E-state index contributed by atoms with van der Waals surface area (Å²) in [5, 5.41) is 0. The van der Waals surface area contributed by atoms with E-state index in [4.69, 9.17) is 5.73 Å². The Bertz CT molecular complexity index is 444. The van der Waals surface area contributed by atoms with Gasteiger partial charge in [0.05, 0.1) is 10.8 Å². The fourth-order valence-corrected chi connectivity index (χ4v) is 2.88. The van der Waals surface area contributed by atoms with Gasteiger partial charge >= 0.3 is 0 Å². The van der Waals surface area contributed by atoms with Crippen LogP contribution in [0.25, 0.3) is 0 Å². The van der Waals surface area contributed by atoms with Crippen LogP contribution in [0, 0.1) is 6.92 Å². The molecule has 3 heteroatoms. The lowest BCUT2D eigenvalue weighted by Crippen LogP contribution is -2.46. The van der Waals surface area contributed by atoms with Gasteiger partial charge in [-0.15, -0.1) is 0 Å². The van der Waals surface area contributed by atoms with Crippen molar-refractivity contribution in [3.8, 4) is 0 Å². The second kappa shape index (κ2) is 3.01. The summed E-state index contributed by atoms with van der Waals surface area (Å²) in [6, 6.07) is 3.53. The van der Waals surface area contributed by atoms with Gasteiger partial charge in [-0.25, -0.2) is 8.78 Å². The summed E-state index contributed by atoms with van der Waals surface area (Å²) in [7, 11) is 0. The van der Waals surface area contributed by atoms with Gasteiger partial charge in [0.1, 0.15) is 0 Å². The Hall–Kier alpha value is -1.12. The highest BCUT2D eigenvalue weighted by molar-refractivity contribution is 5.59. The van der Waals surface area contributed by atoms with Crippen LogP contribution in [-0.4, -0.2) is 5.92 Å². The second-order valence-corrected chi connectivity index (χ2v) is 6.08. The number of alkyl halides is 2. The number of rotatable bonds is 0. The first-order valence-electron chi connectivity index (χ1n) is 5.82. The van der Waals surface area contributed by atoms with Gasteiger partial charge in [-0.2, -0.15) is 0 Å². The summed E-state index contributed by atoms with van der Waals surface area (Å²) in [6.45, 7) is 8.26. The smallest absolute Gasteiger partial charge is 0.266 e. The molecule has 0 spiro atoms. The molecule has 2 rings (SSSR count). The van der Waals surface area contributed by atoms with Crippen molar-refractivity contribution in [2.75, 3.05) is 5.73 Å². The monoisotopic (exact) mass is 239 g/mol. The summed E-state index contributed by atoms with van der Waals surface area (Å²) in [5.74, 6) is -2.78. The maximum atomic E-state index is 14.5. The van der Waals surface area contributed by atoms with Gasteiger partial charge in [0, 0.05) is 5.69 Å². The molecule has 0 aromatic heterocycles. The molecule has 1 aliphatic carbocycles. The van der Waals surface area contributed by atoms with Gasteiger partial charge in [0.2, 0.25) is 0 Å². The van der Waals surface area contributed by atoms with Crippen LogP contribution in [0.3, 0.4) is 0 Å². The fourth-order valence-electron chi connectivity index (χ4n) is 2.88. The number of nitrogen functional groups attached to an aromatic ring is 1. The van der Waals surface area contributed by atoms with Gasteiger partial charge in [0.25, 0.3) is 5.92 Å². The Balaban J connectivity index is 2.83. The molecule has 0 unspecified atom stereocenters. The molecule has 0 atom stereocenters. The number of nitrogens with two attached hydrogens (primary N) is 1. The first-order valence-corrected chi connectivity index (χ1v) is 5.82. The Morgan fingerprint density at radius 1 is 0.941 bits per heavy atom. The molecule has 94 valence electrons. The maximum Gasteiger partial charge on any atom is 0.266 e. The minimum absolute atomic E-state index is 0.588. The largest absolute Gasteiger partial charge is 0.399 e. The first kappa shape index (κ1) is 12.3. The summed E-state index contributed by atoms with van der Waals surface area (Å²) in [6.07, 6.45) is 0. The van der Waals surface area contributed by atoms with E-state index in [1.807, 2.05) is 13.0 Å². The van der Waals surface area contributed by atoms with E-state index >= 15 is 0 Å². The molecule has 0 saturated carbocycles. The SMILES string of the molecule is Cc1cc2c(cc1N)C(C)(C)C(F)(F)C2(C)C. The van der Waals surface area contributed by atoms with Crippen LogP contribution in [-0.2, 0) is 10.8 Å². The van der Waals surface area contributed by atoms with E-state index in [-0.39, 0.29) is 0 Å². The van der Waals surface area contributed by atoms with Crippen LogP contribution in [0.5, 0.6) is 0 Å². The van der Waals surface area contributed by atoms with Gasteiger partial charge in [0.15, 0.2) is 0 Å². The van der Waals surface area contributed by atoms with Crippen molar-refractivity contribution < 1.29 is 8.78 Å². The van der Waals surface area contributed by atoms with Gasteiger partial charge in [-0.1, -0.05) is 6.07 Å². The quantitative estimate of drug-likeness (QED) is 0.685. The highest BCUT2D eigenvalue weighted by atomic mass is 19.3. The number of hydrogen-bond donors (Lipinski definition) is 1. The fraction of sp³-hybridized carbons (Fsp3) is 0.571. The molecule has 2 N–H and O–H groups in total. The predicted octanol–water partition coefficient (Wildman–Crippen LogP) is 3.78. The average Bonchev–Trinajstić information content (AvgIpc) is 2.28. The zero-order valence-electron chi connectivity index (χ0n) is 11.0. The first-order chi connectivity index (χ1) is 7.53. The number of hydrogen-bond acceptors (Lipinski definition) is 1. The molecule has 1 aliphatic rings. The molecular weight excluding hydrogens is 220 g/mol. The molecule has 0 bridgehead atoms. The summed E-state index contributed by atoms with van der Waals surface area (Å²) in [5.41, 5.74) is 6.38. The molecule has 0 fully saturated rings. The third-order valence-corrected chi connectivity index (χ3v) is 4.32. The molecule has 1 nitrogen and oxygen atoms in total. The standard InChI is InChI=1S/C14H19F2N/c1-8-6-9-10(7-11(8)17)13(4,5)14(15,16)12(9,2)3/h6-7H,17H2,1-5H3. The molecule has 1 aromatic rings. The van der Waals surface area contributed by atoms with Gasteiger partial charge < -0.3 is 5.73 Å². The van der Waals surface area contributed by atoms with E-state index in [1.54, 1.807) is 33.8 Å². The van der Waals surface area contributed by atoms with Crippen molar-refractivity contribution >= 4 is 5.69 Å². The third-order valence-electron chi connectivity index (χ3n) is 4.32. The van der Waals surface area contributed by atoms with E-state index in [2.05, 4.69) is 0 Å². The normalized spacial score (nSPS) is 23.5. The Kier molecular flexibility index (Phi) is 2.18. The van der Waals surface area contributed by atoms with Crippen LogP contribution in [0.2, 0.25) is 0 Å². The molecule has 0 radical (unpaired) electrons. The molecule has 0 amide bonds. The van der Waals surface area contributed by atoms with E-state index in [0.29, 0.717) is 11.3 Å². The van der Waals surface area contributed by atoms with Gasteiger partial charge in [-0.05, 0) is 57.4 Å². The number of anilines is 1. The lowest BCUT2D eigenvalue weighted by atomic mass is 9.77. The highest BCUT2D eigenvalue weighted by Gasteiger charge is 2.65. The van der Waals surface area contributed by atoms with Crippen molar-refractivity contribution in [1.29, 1.82) is 0 Å². The Morgan fingerprint density at radius 3 is 1.82 bits per heavy atom. The molecular formula is C14H19F2N. The van der Waals surface area contributed by atoms with E-state index in [0.717, 1.165) is 11.1 Å². The maximum absolute atomic E-state index is 14.5. The molecule has 0 saturated heterocycles. The zero-order chi connectivity index (χ0) is 13.2. The van der Waals surface area contributed by atoms with Crippen LogP contribution in [0.15, 0.2) is 12.1 Å². The van der Waals surface area contributed by atoms with Crippen LogP contribution < -0.4 is 5.73 Å². The van der Waals surface area contributed by atoms with Crippen LogP contribution in [0.4, 0.5) is 14.5 Å². The number of benzene rings is 1. The van der Waals surface area contributed by atoms with Crippen molar-refractivity contribution in [3.63, 3.8) is 0 Å². The minimum atomic E-state index is -2.78. The third kappa shape index (κ3) is 1.23. The minimum Gasteiger partial charge on any atom is -0.399 e. The molecule has 17 heavy (non-hydrogen) atoms. The molecule has 1 aromatic carbocycles. The Morgan fingerprint density at radius 2 is 1.35 bits per heavy atom. The van der Waals surface area contributed by atoms with E-state index in [9.17, 15) is 8.78 Å². The number of aryl methyl sites for hydroxylation is 1. The Labute approximate surface area is 101 Å². The van der Waals surface area contributed by atoms with Crippen molar-refractivity contribution in [3.05, 3.63) is 28.8 Å². The summed E-state index contributed by atoms with van der Waals surface area (Å²) in [4.78, 5) is 0. The molecule has 0 heterocycles.